The van der Waals surface area contributed by atoms with Crippen LogP contribution in [0.15, 0.2) is 48.5 Å². The second kappa shape index (κ2) is 10.3. The molecule has 0 aromatic heterocycles. The summed E-state index contributed by atoms with van der Waals surface area (Å²) in [6.07, 6.45) is 11.1. The second-order valence-electron chi connectivity index (χ2n) is 12.9. The van der Waals surface area contributed by atoms with Gasteiger partial charge in [-0.1, -0.05) is 61.4 Å². The van der Waals surface area contributed by atoms with Crippen LogP contribution in [0.3, 0.4) is 0 Å². The van der Waals surface area contributed by atoms with Crippen LogP contribution >= 0.6 is 0 Å². The molecule has 0 atom stereocenters. The van der Waals surface area contributed by atoms with E-state index in [9.17, 15) is 0 Å². The molecule has 0 radical (unpaired) electrons. The third kappa shape index (κ3) is 7.17. The van der Waals surface area contributed by atoms with Crippen LogP contribution in [0.2, 0.25) is 0 Å². The van der Waals surface area contributed by atoms with E-state index in [4.69, 9.17) is 0 Å². The molecule has 0 amide bonds. The normalized spacial score (nSPS) is 22.6. The third-order valence-corrected chi connectivity index (χ3v) is 8.12. The summed E-state index contributed by atoms with van der Waals surface area (Å²) >= 11 is 0. The van der Waals surface area contributed by atoms with E-state index in [1.54, 1.807) is 11.1 Å². The van der Waals surface area contributed by atoms with Crippen LogP contribution in [0.4, 0.5) is 0 Å². The summed E-state index contributed by atoms with van der Waals surface area (Å²) in [5.41, 5.74) is 6.10. The zero-order valence-corrected chi connectivity index (χ0v) is 22.0. The van der Waals surface area contributed by atoms with Gasteiger partial charge in [0.05, 0.1) is 41.8 Å². The minimum atomic E-state index is 0.762. The highest BCUT2D eigenvalue weighted by Gasteiger charge is 2.28. The van der Waals surface area contributed by atoms with Crippen LogP contribution in [0.25, 0.3) is 0 Å². The van der Waals surface area contributed by atoms with E-state index >= 15 is 0 Å². The van der Waals surface area contributed by atoms with Gasteiger partial charge in [0.2, 0.25) is 0 Å². The van der Waals surface area contributed by atoms with Crippen LogP contribution in [0, 0.1) is 5.92 Å². The second-order valence-corrected chi connectivity index (χ2v) is 12.9. The lowest BCUT2D eigenvalue weighted by Crippen LogP contribution is -2.43. The fourth-order valence-electron chi connectivity index (χ4n) is 6.53. The lowest BCUT2D eigenvalue weighted by Gasteiger charge is -2.37. The van der Waals surface area contributed by atoms with Crippen LogP contribution in [0.5, 0.6) is 0 Å². The van der Waals surface area contributed by atoms with Gasteiger partial charge in [-0.3, -0.25) is 0 Å². The van der Waals surface area contributed by atoms with Gasteiger partial charge in [-0.2, -0.15) is 0 Å². The molecule has 2 aromatic carbocycles. The number of benzene rings is 2. The highest BCUT2D eigenvalue weighted by Crippen LogP contribution is 2.37. The molecule has 180 valence electrons. The maximum Gasteiger partial charge on any atom is 0.104 e. The number of rotatable bonds is 8. The average molecular weight is 449 g/mol. The molecule has 0 aliphatic heterocycles. The largest absolute Gasteiger partial charge is 0.327 e. The average Bonchev–Trinajstić information content (AvgIpc) is 3.29. The molecule has 4 rings (SSSR count). The summed E-state index contributed by atoms with van der Waals surface area (Å²) in [4.78, 5) is 0. The van der Waals surface area contributed by atoms with Gasteiger partial charge in [0.25, 0.3) is 0 Å². The van der Waals surface area contributed by atoms with Crippen LogP contribution in [0.1, 0.15) is 85.5 Å². The van der Waals surface area contributed by atoms with E-state index in [0.29, 0.717) is 0 Å². The summed E-state index contributed by atoms with van der Waals surface area (Å²) in [7, 11) is 11.7. The molecular formula is C31H48N2+2. The van der Waals surface area contributed by atoms with Gasteiger partial charge in [-0.25, -0.2) is 0 Å². The minimum Gasteiger partial charge on any atom is -0.327 e. The highest BCUT2D eigenvalue weighted by molar-refractivity contribution is 5.26. The Hall–Kier alpha value is -1.64. The molecule has 0 N–H and O–H groups in total. The predicted molar refractivity (Wildman–Crippen MR) is 141 cm³/mol. The predicted octanol–water partition coefficient (Wildman–Crippen LogP) is 7.10. The maximum absolute atomic E-state index is 2.43. The third-order valence-electron chi connectivity index (χ3n) is 8.12. The van der Waals surface area contributed by atoms with Crippen LogP contribution in [-0.2, 0) is 13.1 Å². The monoisotopic (exact) mass is 448 g/mol. The van der Waals surface area contributed by atoms with Crippen molar-refractivity contribution in [3.63, 3.8) is 0 Å². The molecule has 33 heavy (non-hydrogen) atoms. The first-order valence-electron chi connectivity index (χ1n) is 13.5. The molecule has 2 aliphatic rings. The zero-order chi connectivity index (χ0) is 23.5. The summed E-state index contributed by atoms with van der Waals surface area (Å²) in [6, 6.07) is 19.2. The molecule has 2 nitrogen and oxygen atoms in total. The Balaban J connectivity index is 1.25. The quantitative estimate of drug-likeness (QED) is 0.378. The lowest BCUT2D eigenvalue weighted by molar-refractivity contribution is -0.907. The van der Waals surface area contributed by atoms with Gasteiger partial charge in [0.1, 0.15) is 13.1 Å². The molecule has 2 fully saturated rings. The fourth-order valence-corrected chi connectivity index (χ4v) is 6.53. The first-order valence-corrected chi connectivity index (χ1v) is 13.5. The van der Waals surface area contributed by atoms with E-state index in [1.807, 2.05) is 0 Å². The molecule has 2 saturated carbocycles. The van der Waals surface area contributed by atoms with Gasteiger partial charge in [-0.15, -0.1) is 0 Å². The Labute approximate surface area is 203 Å². The van der Waals surface area contributed by atoms with Gasteiger partial charge < -0.3 is 8.97 Å². The van der Waals surface area contributed by atoms with E-state index in [1.165, 1.54) is 69.0 Å². The molecular weight excluding hydrogens is 400 g/mol. The van der Waals surface area contributed by atoms with Crippen LogP contribution in [-0.4, -0.2) is 50.7 Å². The van der Waals surface area contributed by atoms with E-state index in [0.717, 1.165) is 39.8 Å². The summed E-state index contributed by atoms with van der Waals surface area (Å²) < 4.78 is 2.10. The molecule has 0 spiro atoms. The Kier molecular flexibility index (Phi) is 7.66. The minimum absolute atomic E-state index is 0.762. The topological polar surface area (TPSA) is 0 Å². The standard InChI is InChI=1S/C31H48N2/c1-32(2,3)22-25-10-16-30(17-11-25)31-20-14-27(15-21-31)24-33(4,5)23-26-12-18-29(19-13-26)28-8-6-7-9-28/h10-13,16-19,27-28,31H,6-9,14-15,20-24H2,1-5H3/q+2. The van der Waals surface area contributed by atoms with Crippen molar-refractivity contribution in [2.45, 2.75) is 76.3 Å². The van der Waals surface area contributed by atoms with Gasteiger partial charge in [-0.05, 0) is 61.5 Å². The summed E-state index contributed by atoms with van der Waals surface area (Å²) in [6.45, 7) is 3.56. The van der Waals surface area contributed by atoms with Crippen molar-refractivity contribution < 1.29 is 8.97 Å². The Morgan fingerprint density at radius 2 is 1.03 bits per heavy atom. The Morgan fingerprint density at radius 3 is 1.52 bits per heavy atom. The molecule has 0 saturated heterocycles. The van der Waals surface area contributed by atoms with Crippen LogP contribution < -0.4 is 0 Å². The number of hydrogen-bond donors (Lipinski definition) is 0. The van der Waals surface area contributed by atoms with Crippen molar-refractivity contribution in [2.24, 2.45) is 5.92 Å². The molecule has 2 aromatic rings. The molecule has 2 heteroatoms. The molecule has 2 aliphatic carbocycles. The Bertz CT molecular complexity index is 859. The molecule has 0 bridgehead atoms. The first kappa shape index (κ1) is 24.5. The number of hydrogen-bond acceptors (Lipinski definition) is 0. The number of nitrogens with zero attached hydrogens (tertiary/aromatic N) is 2. The smallest absolute Gasteiger partial charge is 0.104 e. The Morgan fingerprint density at radius 1 is 0.576 bits per heavy atom. The molecule has 0 unspecified atom stereocenters. The highest BCUT2D eigenvalue weighted by atomic mass is 15.3. The molecule has 0 heterocycles. The van der Waals surface area contributed by atoms with E-state index in [2.05, 4.69) is 83.8 Å². The van der Waals surface area contributed by atoms with Crippen molar-refractivity contribution in [2.75, 3.05) is 41.8 Å². The van der Waals surface area contributed by atoms with Gasteiger partial charge in [0.15, 0.2) is 0 Å². The zero-order valence-electron chi connectivity index (χ0n) is 22.0. The van der Waals surface area contributed by atoms with Crippen molar-refractivity contribution in [1.82, 2.24) is 0 Å². The summed E-state index contributed by atoms with van der Waals surface area (Å²) in [5, 5.41) is 0. The SMILES string of the molecule is C[N+](C)(C)Cc1ccc(C2CCC(C[N+](C)(C)Cc3ccc(C4CCCC4)cc3)CC2)cc1. The van der Waals surface area contributed by atoms with Gasteiger partial charge >= 0.3 is 0 Å². The number of quaternary nitrogens is 2. The maximum atomic E-state index is 2.43. The summed E-state index contributed by atoms with van der Waals surface area (Å²) in [5.74, 6) is 2.45. The van der Waals surface area contributed by atoms with E-state index in [-0.39, 0.29) is 0 Å². The first-order chi connectivity index (χ1) is 15.7. The lowest BCUT2D eigenvalue weighted by atomic mass is 9.78. The van der Waals surface area contributed by atoms with E-state index < -0.39 is 0 Å². The van der Waals surface area contributed by atoms with Crippen molar-refractivity contribution >= 4 is 0 Å². The fraction of sp³-hybridized carbons (Fsp3) is 0.613. The van der Waals surface area contributed by atoms with Gasteiger partial charge in [0, 0.05) is 17.0 Å². The van der Waals surface area contributed by atoms with Crippen molar-refractivity contribution in [3.8, 4) is 0 Å². The van der Waals surface area contributed by atoms with Crippen molar-refractivity contribution in [3.05, 3.63) is 70.8 Å². The van der Waals surface area contributed by atoms with Crippen molar-refractivity contribution in [1.29, 1.82) is 0 Å².